The summed E-state index contributed by atoms with van der Waals surface area (Å²) in [4.78, 5) is 31.0. The molecule has 3 heterocycles. The second kappa shape index (κ2) is 7.05. The van der Waals surface area contributed by atoms with Gasteiger partial charge in [-0.05, 0) is 31.3 Å². The molecule has 0 aromatic carbocycles. The fraction of sp³-hybridized carbons (Fsp3) is 0.278. The van der Waals surface area contributed by atoms with Gasteiger partial charge in [0, 0.05) is 33.4 Å². The lowest BCUT2D eigenvalue weighted by Crippen LogP contribution is -2.36. The lowest BCUT2D eigenvalue weighted by molar-refractivity contribution is -0.120. The minimum absolute atomic E-state index is 0.136. The molecule has 1 fully saturated rings. The van der Waals surface area contributed by atoms with Crippen LogP contribution in [0.1, 0.15) is 6.92 Å². The van der Waals surface area contributed by atoms with Gasteiger partial charge >= 0.3 is 0 Å². The molecular weight excluding hydrogens is 368 g/mol. The first-order valence-electron chi connectivity index (χ1n) is 8.18. The lowest BCUT2D eigenvalue weighted by atomic mass is 10.3. The Labute approximate surface area is 160 Å². The molecule has 0 bridgehead atoms. The van der Waals surface area contributed by atoms with Gasteiger partial charge in [0.25, 0.3) is 11.5 Å². The number of thiocarbonyl (C=S) groups is 1. The van der Waals surface area contributed by atoms with E-state index in [2.05, 4.69) is 6.58 Å². The summed E-state index contributed by atoms with van der Waals surface area (Å²) in [6, 6.07) is 0. The van der Waals surface area contributed by atoms with Crippen molar-refractivity contribution >= 4 is 46.0 Å². The summed E-state index contributed by atoms with van der Waals surface area (Å²) in [6.45, 7) is 6.56. The number of carbonyl (C=O) groups is 1. The summed E-state index contributed by atoms with van der Waals surface area (Å²) < 4.78 is 2.78. The SMILES string of the molecule is C=CCn1c(=O)/c(=C2/C=CC=CN2C)s/c1=C1\C(=O)N(C)C(=S)N1CC. The van der Waals surface area contributed by atoms with Gasteiger partial charge in [-0.1, -0.05) is 12.2 Å². The summed E-state index contributed by atoms with van der Waals surface area (Å²) in [5.41, 5.74) is 1.12. The van der Waals surface area contributed by atoms with Crippen LogP contribution in [0.15, 0.2) is 41.9 Å². The number of likely N-dealkylation sites (N-methyl/N-ethyl adjacent to an activating group) is 3. The fourth-order valence-electron chi connectivity index (χ4n) is 2.94. The first kappa shape index (κ1) is 18.3. The van der Waals surface area contributed by atoms with Gasteiger partial charge in [-0.25, -0.2) is 0 Å². The van der Waals surface area contributed by atoms with E-state index in [0.717, 1.165) is 5.70 Å². The number of carbonyl (C=O) groups excluding carboxylic acids is 1. The molecule has 0 saturated carbocycles. The second-order valence-electron chi connectivity index (χ2n) is 5.88. The quantitative estimate of drug-likeness (QED) is 0.554. The molecule has 2 aliphatic rings. The summed E-state index contributed by atoms with van der Waals surface area (Å²) >= 11 is 6.69. The van der Waals surface area contributed by atoms with Crippen LogP contribution in [0.25, 0.3) is 11.4 Å². The summed E-state index contributed by atoms with van der Waals surface area (Å²) in [5.74, 6) is -0.195. The van der Waals surface area contributed by atoms with Crippen LogP contribution in [-0.4, -0.2) is 50.9 Å². The van der Waals surface area contributed by atoms with E-state index >= 15 is 0 Å². The highest BCUT2D eigenvalue weighted by atomic mass is 32.1. The third-order valence-electron chi connectivity index (χ3n) is 4.30. The molecule has 3 rings (SSSR count). The predicted octanol–water partition coefficient (Wildman–Crippen LogP) is 0.406. The van der Waals surface area contributed by atoms with Crippen LogP contribution in [0.3, 0.4) is 0 Å². The average Bonchev–Trinajstić information content (AvgIpc) is 3.05. The number of aromatic nitrogens is 1. The van der Waals surface area contributed by atoms with E-state index in [-0.39, 0.29) is 11.5 Å². The molecule has 2 aliphatic heterocycles. The minimum Gasteiger partial charge on any atom is -0.350 e. The van der Waals surface area contributed by atoms with Crippen molar-refractivity contribution in [1.82, 2.24) is 19.3 Å². The van der Waals surface area contributed by atoms with E-state index < -0.39 is 0 Å². The van der Waals surface area contributed by atoms with Crippen molar-refractivity contribution in [3.05, 3.63) is 56.6 Å². The third kappa shape index (κ3) is 2.75. The number of amides is 1. The van der Waals surface area contributed by atoms with E-state index in [0.29, 0.717) is 33.1 Å². The molecular formula is C18H20N4O2S2. The molecule has 0 unspecified atom stereocenters. The van der Waals surface area contributed by atoms with Crippen LogP contribution in [-0.2, 0) is 11.3 Å². The topological polar surface area (TPSA) is 48.8 Å². The first-order valence-corrected chi connectivity index (χ1v) is 9.41. The zero-order chi connectivity index (χ0) is 19.0. The summed E-state index contributed by atoms with van der Waals surface area (Å²) in [6.07, 6.45) is 9.24. The fourth-order valence-corrected chi connectivity index (χ4v) is 4.51. The average molecular weight is 389 g/mol. The van der Waals surface area contributed by atoms with Crippen LogP contribution >= 0.6 is 23.6 Å². The Balaban J connectivity index is 2.43. The van der Waals surface area contributed by atoms with E-state index in [1.165, 1.54) is 16.2 Å². The largest absolute Gasteiger partial charge is 0.350 e. The van der Waals surface area contributed by atoms with Crippen molar-refractivity contribution in [2.75, 3.05) is 20.6 Å². The van der Waals surface area contributed by atoms with E-state index in [4.69, 9.17) is 12.2 Å². The molecule has 26 heavy (non-hydrogen) atoms. The Hall–Kier alpha value is -2.45. The Kier molecular flexibility index (Phi) is 4.97. The highest BCUT2D eigenvalue weighted by molar-refractivity contribution is 7.80. The molecule has 0 N–H and O–H groups in total. The number of thiazole rings is 1. The molecule has 136 valence electrons. The third-order valence-corrected chi connectivity index (χ3v) is 5.99. The number of nitrogens with zero attached hydrogens (tertiary/aromatic N) is 4. The van der Waals surface area contributed by atoms with Crippen LogP contribution in [0.5, 0.6) is 0 Å². The number of hydrogen-bond acceptors (Lipinski definition) is 5. The van der Waals surface area contributed by atoms with Gasteiger partial charge < -0.3 is 9.80 Å². The molecule has 1 amide bonds. The molecule has 6 nitrogen and oxygen atoms in total. The van der Waals surface area contributed by atoms with Crippen molar-refractivity contribution < 1.29 is 4.79 Å². The first-order chi connectivity index (χ1) is 12.4. The maximum Gasteiger partial charge on any atom is 0.279 e. The number of hydrogen-bond donors (Lipinski definition) is 0. The summed E-state index contributed by atoms with van der Waals surface area (Å²) in [5, 5.41) is 0.449. The van der Waals surface area contributed by atoms with Gasteiger partial charge in [0.2, 0.25) is 0 Å². The maximum atomic E-state index is 13.1. The molecule has 0 aliphatic carbocycles. The monoisotopic (exact) mass is 388 g/mol. The Morgan fingerprint density at radius 3 is 2.62 bits per heavy atom. The number of rotatable bonds is 3. The molecule has 1 saturated heterocycles. The van der Waals surface area contributed by atoms with Crippen molar-refractivity contribution in [1.29, 1.82) is 0 Å². The number of allylic oxidation sites excluding steroid dienone is 3. The Morgan fingerprint density at radius 2 is 2.00 bits per heavy atom. The standard InChI is InChI=1S/C18H20N4O2S2/c1-5-10-22-16(24)14(12-9-7-8-11-19(12)3)26-17(22)13-15(23)20(4)18(25)21(13)6-2/h5,7-9,11H,1,6,10H2,2-4H3/b14-12+,17-13+. The van der Waals surface area contributed by atoms with Crippen LogP contribution in [0.4, 0.5) is 0 Å². The van der Waals surface area contributed by atoms with Crippen molar-refractivity contribution in [2.24, 2.45) is 0 Å². The molecule has 1 aromatic rings. The lowest BCUT2D eigenvalue weighted by Gasteiger charge is -2.16. The molecule has 0 atom stereocenters. The Morgan fingerprint density at radius 1 is 1.27 bits per heavy atom. The molecule has 0 radical (unpaired) electrons. The van der Waals surface area contributed by atoms with Gasteiger partial charge in [-0.15, -0.1) is 17.9 Å². The van der Waals surface area contributed by atoms with E-state index in [1.54, 1.807) is 22.6 Å². The van der Waals surface area contributed by atoms with Gasteiger partial charge in [-0.3, -0.25) is 19.1 Å². The van der Waals surface area contributed by atoms with Gasteiger partial charge in [0.15, 0.2) is 5.11 Å². The van der Waals surface area contributed by atoms with Crippen LogP contribution < -0.4 is 14.8 Å². The Bertz CT molecular complexity index is 1030. The van der Waals surface area contributed by atoms with Gasteiger partial charge in [0.05, 0.1) is 5.70 Å². The van der Waals surface area contributed by atoms with Crippen LogP contribution in [0.2, 0.25) is 0 Å². The highest BCUT2D eigenvalue weighted by Gasteiger charge is 2.36. The zero-order valence-corrected chi connectivity index (χ0v) is 16.6. The van der Waals surface area contributed by atoms with E-state index in [9.17, 15) is 9.59 Å². The molecule has 1 aromatic heterocycles. The predicted molar refractivity (Wildman–Crippen MR) is 109 cm³/mol. The van der Waals surface area contributed by atoms with Crippen molar-refractivity contribution in [3.63, 3.8) is 0 Å². The van der Waals surface area contributed by atoms with Crippen LogP contribution in [0, 0.1) is 0 Å². The normalized spacial score (nSPS) is 21.3. The maximum absolute atomic E-state index is 13.1. The molecule has 0 spiro atoms. The van der Waals surface area contributed by atoms with Gasteiger partial charge in [-0.2, -0.15) is 0 Å². The molecule has 8 heteroatoms. The van der Waals surface area contributed by atoms with Crippen molar-refractivity contribution in [2.45, 2.75) is 13.5 Å². The summed E-state index contributed by atoms with van der Waals surface area (Å²) in [7, 11) is 3.54. The van der Waals surface area contributed by atoms with E-state index in [1.807, 2.05) is 43.3 Å². The van der Waals surface area contributed by atoms with Gasteiger partial charge in [0.1, 0.15) is 14.9 Å². The highest BCUT2D eigenvalue weighted by Crippen LogP contribution is 2.19. The zero-order valence-electron chi connectivity index (χ0n) is 14.9. The minimum atomic E-state index is -0.195. The van der Waals surface area contributed by atoms with Crippen molar-refractivity contribution in [3.8, 4) is 0 Å². The smallest absolute Gasteiger partial charge is 0.279 e. The second-order valence-corrected chi connectivity index (χ2v) is 7.24.